The number of hydrogen-bond acceptors (Lipinski definition) is 3. The normalized spacial score (nSPS) is 22.6. The highest BCUT2D eigenvalue weighted by molar-refractivity contribution is 5.31. The molecular formula is C14H22N2O. The second-order valence-electron chi connectivity index (χ2n) is 4.76. The van der Waals surface area contributed by atoms with Crippen LogP contribution >= 0.6 is 0 Å². The molecule has 1 unspecified atom stereocenters. The third-order valence-corrected chi connectivity index (χ3v) is 3.40. The van der Waals surface area contributed by atoms with Crippen LogP contribution in [-0.2, 0) is 0 Å². The van der Waals surface area contributed by atoms with Crippen molar-refractivity contribution in [2.75, 3.05) is 40.3 Å². The second-order valence-corrected chi connectivity index (χ2v) is 4.76. The lowest BCUT2D eigenvalue weighted by Gasteiger charge is -2.38. The first-order chi connectivity index (χ1) is 8.20. The number of likely N-dealkylation sites (N-methyl/N-ethyl adjacent to an activating group) is 2. The molecule has 3 heteroatoms. The lowest BCUT2D eigenvalue weighted by Crippen LogP contribution is -2.44. The van der Waals surface area contributed by atoms with Crippen LogP contribution in [0.4, 0.5) is 0 Å². The summed E-state index contributed by atoms with van der Waals surface area (Å²) in [4.78, 5) is 4.81. The Morgan fingerprint density at radius 2 is 2.12 bits per heavy atom. The maximum atomic E-state index is 5.57. The molecule has 1 heterocycles. The fraction of sp³-hybridized carbons (Fsp3) is 0.571. The van der Waals surface area contributed by atoms with E-state index in [4.69, 9.17) is 4.74 Å². The molecule has 17 heavy (non-hydrogen) atoms. The first-order valence-electron chi connectivity index (χ1n) is 6.32. The predicted octanol–water partition coefficient (Wildman–Crippen LogP) is 2.00. The summed E-state index contributed by atoms with van der Waals surface area (Å²) in [6.07, 6.45) is 0. The molecule has 1 aliphatic rings. The highest BCUT2D eigenvalue weighted by Crippen LogP contribution is 2.26. The Balaban J connectivity index is 2.16. The molecule has 1 saturated heterocycles. The van der Waals surface area contributed by atoms with Crippen molar-refractivity contribution < 1.29 is 4.74 Å². The van der Waals surface area contributed by atoms with Gasteiger partial charge in [0.05, 0.1) is 6.61 Å². The Bertz CT molecular complexity index is 367. The summed E-state index contributed by atoms with van der Waals surface area (Å²) in [5, 5.41) is 0. The van der Waals surface area contributed by atoms with Gasteiger partial charge in [0.2, 0.25) is 0 Å². The van der Waals surface area contributed by atoms with Gasteiger partial charge in [-0.1, -0.05) is 12.1 Å². The first-order valence-corrected chi connectivity index (χ1v) is 6.32. The molecule has 0 N–H and O–H groups in total. The lowest BCUT2D eigenvalue weighted by molar-refractivity contribution is 0.115. The van der Waals surface area contributed by atoms with Crippen molar-refractivity contribution in [1.29, 1.82) is 0 Å². The Morgan fingerprint density at radius 1 is 1.29 bits per heavy atom. The number of rotatable bonds is 3. The van der Waals surface area contributed by atoms with Gasteiger partial charge in [0.1, 0.15) is 5.75 Å². The van der Waals surface area contributed by atoms with E-state index in [2.05, 4.69) is 42.1 Å². The lowest BCUT2D eigenvalue weighted by atomic mass is 10.0. The van der Waals surface area contributed by atoms with E-state index in [1.54, 1.807) is 0 Å². The number of nitrogens with zero attached hydrogens (tertiary/aromatic N) is 2. The summed E-state index contributed by atoms with van der Waals surface area (Å²) in [6.45, 7) is 6.11. The van der Waals surface area contributed by atoms with E-state index in [9.17, 15) is 0 Å². The molecular weight excluding hydrogens is 212 g/mol. The molecule has 0 spiro atoms. The molecule has 0 radical (unpaired) electrons. The van der Waals surface area contributed by atoms with Crippen LogP contribution in [-0.4, -0.2) is 50.1 Å². The molecule has 2 rings (SSSR count). The zero-order valence-corrected chi connectivity index (χ0v) is 11.0. The minimum atomic E-state index is 0.481. The maximum Gasteiger partial charge on any atom is 0.119 e. The summed E-state index contributed by atoms with van der Waals surface area (Å²) in [6, 6.07) is 8.96. The molecule has 94 valence electrons. The number of hydrogen-bond donors (Lipinski definition) is 0. The molecule has 1 fully saturated rings. The topological polar surface area (TPSA) is 15.7 Å². The van der Waals surface area contributed by atoms with Crippen LogP contribution < -0.4 is 4.74 Å². The molecule has 0 bridgehead atoms. The molecule has 1 aliphatic heterocycles. The fourth-order valence-corrected chi connectivity index (χ4v) is 2.35. The van der Waals surface area contributed by atoms with Crippen LogP contribution in [0.25, 0.3) is 0 Å². The Morgan fingerprint density at radius 3 is 2.88 bits per heavy atom. The zero-order chi connectivity index (χ0) is 12.3. The quantitative estimate of drug-likeness (QED) is 0.795. The summed E-state index contributed by atoms with van der Waals surface area (Å²) >= 11 is 0. The van der Waals surface area contributed by atoms with Gasteiger partial charge in [-0.3, -0.25) is 4.90 Å². The summed E-state index contributed by atoms with van der Waals surface area (Å²) in [7, 11) is 4.39. The van der Waals surface area contributed by atoms with Crippen molar-refractivity contribution in [2.24, 2.45) is 0 Å². The van der Waals surface area contributed by atoms with E-state index in [0.717, 1.165) is 32.0 Å². The van der Waals surface area contributed by atoms with E-state index < -0.39 is 0 Å². The molecule has 0 aliphatic carbocycles. The zero-order valence-electron chi connectivity index (χ0n) is 11.0. The van der Waals surface area contributed by atoms with Crippen molar-refractivity contribution in [1.82, 2.24) is 9.80 Å². The molecule has 1 aromatic rings. The molecule has 1 atom stereocenters. The Kier molecular flexibility index (Phi) is 4.02. The molecule has 0 amide bonds. The van der Waals surface area contributed by atoms with Gasteiger partial charge in [0.15, 0.2) is 0 Å². The smallest absolute Gasteiger partial charge is 0.119 e. The minimum absolute atomic E-state index is 0.481. The van der Waals surface area contributed by atoms with E-state index in [1.165, 1.54) is 5.56 Å². The monoisotopic (exact) mass is 234 g/mol. The number of piperazine rings is 1. The standard InChI is InChI=1S/C14H22N2O/c1-4-17-13-7-5-6-12(10-13)14-11-15(2)8-9-16(14)3/h5-7,10,14H,4,8-9,11H2,1-3H3. The van der Waals surface area contributed by atoms with Gasteiger partial charge in [0.25, 0.3) is 0 Å². The summed E-state index contributed by atoms with van der Waals surface area (Å²) < 4.78 is 5.57. The minimum Gasteiger partial charge on any atom is -0.494 e. The molecule has 1 aromatic carbocycles. The van der Waals surface area contributed by atoms with Crippen molar-refractivity contribution in [3.8, 4) is 5.75 Å². The molecule has 0 saturated carbocycles. The van der Waals surface area contributed by atoms with Gasteiger partial charge in [-0.2, -0.15) is 0 Å². The van der Waals surface area contributed by atoms with E-state index in [1.807, 2.05) is 13.0 Å². The summed E-state index contributed by atoms with van der Waals surface area (Å²) in [5.41, 5.74) is 1.35. The highest BCUT2D eigenvalue weighted by Gasteiger charge is 2.23. The van der Waals surface area contributed by atoms with Gasteiger partial charge in [-0.05, 0) is 38.7 Å². The van der Waals surface area contributed by atoms with E-state index in [0.29, 0.717) is 6.04 Å². The average molecular weight is 234 g/mol. The fourth-order valence-electron chi connectivity index (χ4n) is 2.35. The third kappa shape index (κ3) is 2.99. The van der Waals surface area contributed by atoms with Crippen LogP contribution in [0.2, 0.25) is 0 Å². The van der Waals surface area contributed by atoms with Gasteiger partial charge in [0, 0.05) is 25.7 Å². The Hall–Kier alpha value is -1.06. The predicted molar refractivity (Wildman–Crippen MR) is 70.5 cm³/mol. The molecule has 0 aromatic heterocycles. The van der Waals surface area contributed by atoms with Crippen molar-refractivity contribution in [2.45, 2.75) is 13.0 Å². The van der Waals surface area contributed by atoms with Crippen LogP contribution in [0.5, 0.6) is 5.75 Å². The van der Waals surface area contributed by atoms with Crippen LogP contribution in [0.15, 0.2) is 24.3 Å². The first kappa shape index (κ1) is 12.4. The van der Waals surface area contributed by atoms with E-state index in [-0.39, 0.29) is 0 Å². The number of ether oxygens (including phenoxy) is 1. The van der Waals surface area contributed by atoms with Gasteiger partial charge in [-0.25, -0.2) is 0 Å². The van der Waals surface area contributed by atoms with E-state index >= 15 is 0 Å². The van der Waals surface area contributed by atoms with Crippen molar-refractivity contribution in [3.63, 3.8) is 0 Å². The second kappa shape index (κ2) is 5.52. The van der Waals surface area contributed by atoms with Crippen LogP contribution in [0, 0.1) is 0 Å². The largest absolute Gasteiger partial charge is 0.494 e. The summed E-state index contributed by atoms with van der Waals surface area (Å²) in [5.74, 6) is 0.978. The third-order valence-electron chi connectivity index (χ3n) is 3.40. The van der Waals surface area contributed by atoms with Gasteiger partial charge < -0.3 is 9.64 Å². The average Bonchev–Trinajstić information content (AvgIpc) is 2.33. The van der Waals surface area contributed by atoms with Crippen LogP contribution in [0.3, 0.4) is 0 Å². The Labute approximate surface area is 104 Å². The van der Waals surface area contributed by atoms with Gasteiger partial charge >= 0.3 is 0 Å². The molecule has 3 nitrogen and oxygen atoms in total. The van der Waals surface area contributed by atoms with Gasteiger partial charge in [-0.15, -0.1) is 0 Å². The van der Waals surface area contributed by atoms with Crippen molar-refractivity contribution in [3.05, 3.63) is 29.8 Å². The maximum absolute atomic E-state index is 5.57. The SMILES string of the molecule is CCOc1cccc(C2CN(C)CCN2C)c1. The number of benzene rings is 1. The van der Waals surface area contributed by atoms with Crippen LogP contribution in [0.1, 0.15) is 18.5 Å². The highest BCUT2D eigenvalue weighted by atomic mass is 16.5. The van der Waals surface area contributed by atoms with Crippen molar-refractivity contribution >= 4 is 0 Å².